The van der Waals surface area contributed by atoms with Gasteiger partial charge < -0.3 is 0 Å². The van der Waals surface area contributed by atoms with E-state index in [-0.39, 0.29) is 6.04 Å². The maximum absolute atomic E-state index is 13.1. The predicted octanol–water partition coefficient (Wildman–Crippen LogP) is 2.64. The number of nitrogens with one attached hydrogen (secondary N) is 1. The van der Waals surface area contributed by atoms with Gasteiger partial charge in [0.05, 0.1) is 0 Å². The van der Waals surface area contributed by atoms with E-state index < -0.39 is 11.6 Å². The van der Waals surface area contributed by atoms with Crippen LogP contribution in [0.4, 0.5) is 8.78 Å². The summed E-state index contributed by atoms with van der Waals surface area (Å²) >= 11 is 1.65. The largest absolute Gasteiger partial charge is 0.271 e. The molecule has 2 nitrogen and oxygen atoms in total. The van der Waals surface area contributed by atoms with Gasteiger partial charge in [-0.3, -0.25) is 11.3 Å². The summed E-state index contributed by atoms with van der Waals surface area (Å²) in [6.07, 6.45) is 1.33. The molecule has 0 radical (unpaired) electrons. The van der Waals surface area contributed by atoms with Crippen LogP contribution < -0.4 is 11.3 Å². The Kier molecular flexibility index (Phi) is 4.41. The zero-order valence-corrected chi connectivity index (χ0v) is 10.5. The van der Waals surface area contributed by atoms with E-state index in [4.69, 9.17) is 5.84 Å². The minimum Gasteiger partial charge on any atom is -0.271 e. The fourth-order valence-corrected chi connectivity index (χ4v) is 2.60. The lowest BCUT2D eigenvalue weighted by Gasteiger charge is -2.15. The van der Waals surface area contributed by atoms with Crippen LogP contribution in [0.3, 0.4) is 0 Å². The van der Waals surface area contributed by atoms with Gasteiger partial charge in [0.25, 0.3) is 0 Å². The zero-order valence-electron chi connectivity index (χ0n) is 9.70. The van der Waals surface area contributed by atoms with Crippen LogP contribution in [0.5, 0.6) is 0 Å². The Balaban J connectivity index is 2.03. The van der Waals surface area contributed by atoms with Gasteiger partial charge in [-0.05, 0) is 42.0 Å². The van der Waals surface area contributed by atoms with E-state index in [0.717, 1.165) is 18.1 Å². The molecule has 1 atom stereocenters. The molecular formula is C13H14F2N2S. The van der Waals surface area contributed by atoms with E-state index in [1.165, 1.54) is 10.9 Å². The number of nitrogens with two attached hydrogens (primary N) is 1. The van der Waals surface area contributed by atoms with Gasteiger partial charge >= 0.3 is 0 Å². The van der Waals surface area contributed by atoms with Gasteiger partial charge in [-0.2, -0.15) is 0 Å². The van der Waals surface area contributed by atoms with Crippen molar-refractivity contribution in [3.05, 3.63) is 57.8 Å². The molecule has 18 heavy (non-hydrogen) atoms. The van der Waals surface area contributed by atoms with Crippen molar-refractivity contribution in [2.45, 2.75) is 18.9 Å². The lowest BCUT2D eigenvalue weighted by molar-refractivity contribution is 0.499. The maximum Gasteiger partial charge on any atom is 0.159 e. The zero-order chi connectivity index (χ0) is 13.0. The molecule has 0 saturated heterocycles. The Morgan fingerprint density at radius 2 is 2.00 bits per heavy atom. The molecule has 0 saturated carbocycles. The average Bonchev–Trinajstić information content (AvgIpc) is 2.86. The van der Waals surface area contributed by atoms with Crippen LogP contribution in [-0.4, -0.2) is 6.04 Å². The second-order valence-corrected chi connectivity index (χ2v) is 5.13. The molecule has 1 aromatic heterocycles. The monoisotopic (exact) mass is 268 g/mol. The van der Waals surface area contributed by atoms with Crippen LogP contribution >= 0.6 is 11.3 Å². The number of halogens is 2. The second-order valence-electron chi connectivity index (χ2n) is 4.10. The molecular weight excluding hydrogens is 254 g/mol. The highest BCUT2D eigenvalue weighted by molar-refractivity contribution is 7.09. The van der Waals surface area contributed by atoms with Gasteiger partial charge in [-0.1, -0.05) is 12.1 Å². The third-order valence-corrected chi connectivity index (χ3v) is 3.63. The highest BCUT2D eigenvalue weighted by Crippen LogP contribution is 2.15. The Labute approximate surface area is 108 Å². The third-order valence-electron chi connectivity index (χ3n) is 2.73. The Hall–Kier alpha value is -1.30. The van der Waals surface area contributed by atoms with Crippen LogP contribution in [0.15, 0.2) is 35.7 Å². The topological polar surface area (TPSA) is 38.0 Å². The molecule has 96 valence electrons. The van der Waals surface area contributed by atoms with E-state index in [1.54, 1.807) is 17.4 Å². The van der Waals surface area contributed by atoms with E-state index in [9.17, 15) is 8.78 Å². The molecule has 1 heterocycles. The molecule has 2 aromatic rings. The Bertz CT molecular complexity index is 500. The third kappa shape index (κ3) is 3.35. The van der Waals surface area contributed by atoms with Gasteiger partial charge in [0.2, 0.25) is 0 Å². The summed E-state index contributed by atoms with van der Waals surface area (Å²) in [5.41, 5.74) is 3.44. The molecule has 3 N–H and O–H groups in total. The van der Waals surface area contributed by atoms with Gasteiger partial charge in [-0.15, -0.1) is 11.3 Å². The summed E-state index contributed by atoms with van der Waals surface area (Å²) < 4.78 is 25.9. The van der Waals surface area contributed by atoms with E-state index in [2.05, 4.69) is 5.43 Å². The van der Waals surface area contributed by atoms with Crippen molar-refractivity contribution in [2.24, 2.45) is 5.84 Å². The van der Waals surface area contributed by atoms with Crippen LogP contribution in [-0.2, 0) is 12.8 Å². The van der Waals surface area contributed by atoms with E-state index in [0.29, 0.717) is 6.42 Å². The Morgan fingerprint density at radius 3 is 2.61 bits per heavy atom. The predicted molar refractivity (Wildman–Crippen MR) is 69.2 cm³/mol. The van der Waals surface area contributed by atoms with Crippen LogP contribution in [0.1, 0.15) is 10.4 Å². The number of rotatable bonds is 5. The molecule has 1 unspecified atom stereocenters. The lowest BCUT2D eigenvalue weighted by Crippen LogP contribution is -2.38. The summed E-state index contributed by atoms with van der Waals surface area (Å²) in [4.78, 5) is 1.21. The molecule has 0 bridgehead atoms. The van der Waals surface area contributed by atoms with Crippen molar-refractivity contribution in [3.63, 3.8) is 0 Å². The van der Waals surface area contributed by atoms with Gasteiger partial charge in [0.1, 0.15) is 0 Å². The minimum atomic E-state index is -0.825. The Morgan fingerprint density at radius 1 is 1.17 bits per heavy atom. The van der Waals surface area contributed by atoms with Gasteiger partial charge in [-0.25, -0.2) is 8.78 Å². The average molecular weight is 268 g/mol. The van der Waals surface area contributed by atoms with Gasteiger partial charge in [0.15, 0.2) is 11.6 Å². The van der Waals surface area contributed by atoms with Crippen molar-refractivity contribution in [1.82, 2.24) is 5.43 Å². The maximum atomic E-state index is 13.1. The highest BCUT2D eigenvalue weighted by Gasteiger charge is 2.11. The first-order valence-electron chi connectivity index (χ1n) is 5.61. The first-order chi connectivity index (χ1) is 8.69. The highest BCUT2D eigenvalue weighted by atomic mass is 32.1. The van der Waals surface area contributed by atoms with E-state index in [1.807, 2.05) is 17.5 Å². The SMILES string of the molecule is NNC(Cc1ccc(F)c(F)c1)Cc1cccs1. The second kappa shape index (κ2) is 6.04. The number of hydrogen-bond donors (Lipinski definition) is 2. The number of thiophene rings is 1. The van der Waals surface area contributed by atoms with Crippen molar-refractivity contribution >= 4 is 11.3 Å². The molecule has 0 aliphatic carbocycles. The van der Waals surface area contributed by atoms with Crippen molar-refractivity contribution in [1.29, 1.82) is 0 Å². The number of benzene rings is 1. The molecule has 0 aliphatic heterocycles. The molecule has 1 aromatic carbocycles. The lowest BCUT2D eigenvalue weighted by atomic mass is 10.0. The number of hydrazine groups is 1. The summed E-state index contributed by atoms with van der Waals surface area (Å²) in [5, 5.41) is 2.00. The standard InChI is InChI=1S/C13H14F2N2S/c14-12-4-3-9(7-13(12)15)6-10(17-16)8-11-2-1-5-18-11/h1-5,7,10,17H,6,8,16H2. The van der Waals surface area contributed by atoms with Crippen molar-refractivity contribution in [2.75, 3.05) is 0 Å². The van der Waals surface area contributed by atoms with Crippen LogP contribution in [0.2, 0.25) is 0 Å². The molecule has 0 amide bonds. The smallest absolute Gasteiger partial charge is 0.159 e. The van der Waals surface area contributed by atoms with Gasteiger partial charge in [0, 0.05) is 10.9 Å². The van der Waals surface area contributed by atoms with Crippen molar-refractivity contribution < 1.29 is 8.78 Å². The quantitative estimate of drug-likeness (QED) is 0.646. The molecule has 5 heteroatoms. The molecule has 2 rings (SSSR count). The summed E-state index contributed by atoms with van der Waals surface area (Å²) in [7, 11) is 0. The normalized spacial score (nSPS) is 12.6. The molecule has 0 aliphatic rings. The summed E-state index contributed by atoms with van der Waals surface area (Å²) in [5.74, 6) is 3.85. The summed E-state index contributed by atoms with van der Waals surface area (Å²) in [6.45, 7) is 0. The number of hydrogen-bond acceptors (Lipinski definition) is 3. The molecule has 0 fully saturated rings. The summed E-state index contributed by atoms with van der Waals surface area (Å²) in [6, 6.07) is 7.95. The van der Waals surface area contributed by atoms with Crippen LogP contribution in [0.25, 0.3) is 0 Å². The first-order valence-corrected chi connectivity index (χ1v) is 6.49. The minimum absolute atomic E-state index is 0.00788. The fraction of sp³-hybridized carbons (Fsp3) is 0.231. The van der Waals surface area contributed by atoms with E-state index >= 15 is 0 Å². The van der Waals surface area contributed by atoms with Crippen LogP contribution in [0, 0.1) is 11.6 Å². The van der Waals surface area contributed by atoms with Crippen molar-refractivity contribution in [3.8, 4) is 0 Å². The fourth-order valence-electron chi connectivity index (χ4n) is 1.81. The molecule has 0 spiro atoms. The first kappa shape index (κ1) is 13.1.